The van der Waals surface area contributed by atoms with E-state index in [4.69, 9.17) is 0 Å². The third-order valence-corrected chi connectivity index (χ3v) is 4.56. The van der Waals surface area contributed by atoms with Gasteiger partial charge in [0.2, 0.25) is 0 Å². The number of rotatable bonds is 3. The SMILES string of the molecule is CC(C)C1CCCCC1Nc1cnnc2ccccc12. The van der Waals surface area contributed by atoms with Gasteiger partial charge in [-0.1, -0.05) is 44.9 Å². The second kappa shape index (κ2) is 5.78. The monoisotopic (exact) mass is 269 g/mol. The molecule has 20 heavy (non-hydrogen) atoms. The van der Waals surface area contributed by atoms with Crippen LogP contribution in [0.2, 0.25) is 0 Å². The lowest BCUT2D eigenvalue weighted by Crippen LogP contribution is -2.35. The molecule has 106 valence electrons. The standard InChI is InChI=1S/C17H23N3/c1-12(2)13-7-3-5-9-15(13)19-17-11-18-20-16-10-6-4-8-14(16)17/h4,6,8,10-13,15H,3,5,7,9H2,1-2H3,(H,19,20). The summed E-state index contributed by atoms with van der Waals surface area (Å²) in [5, 5.41) is 13.3. The summed E-state index contributed by atoms with van der Waals surface area (Å²) in [6.07, 6.45) is 7.17. The zero-order valence-electron chi connectivity index (χ0n) is 12.3. The highest BCUT2D eigenvalue weighted by molar-refractivity contribution is 5.90. The molecule has 2 aromatic rings. The Kier molecular flexibility index (Phi) is 3.86. The van der Waals surface area contributed by atoms with Crippen molar-refractivity contribution >= 4 is 16.6 Å². The molecule has 0 radical (unpaired) electrons. The third kappa shape index (κ3) is 2.62. The van der Waals surface area contributed by atoms with Crippen molar-refractivity contribution in [3.05, 3.63) is 30.5 Å². The molecule has 3 rings (SSSR count). The van der Waals surface area contributed by atoms with E-state index in [0.717, 1.165) is 23.0 Å². The predicted octanol–water partition coefficient (Wildman–Crippen LogP) is 4.26. The number of nitrogens with zero attached hydrogens (tertiary/aromatic N) is 2. The number of hydrogen-bond acceptors (Lipinski definition) is 3. The van der Waals surface area contributed by atoms with E-state index in [1.54, 1.807) is 0 Å². The maximum absolute atomic E-state index is 4.20. The number of fused-ring (bicyclic) bond motifs is 1. The van der Waals surface area contributed by atoms with Crippen LogP contribution >= 0.6 is 0 Å². The third-order valence-electron chi connectivity index (χ3n) is 4.56. The highest BCUT2D eigenvalue weighted by atomic mass is 15.1. The quantitative estimate of drug-likeness (QED) is 0.904. The molecule has 0 aliphatic heterocycles. The van der Waals surface area contributed by atoms with Gasteiger partial charge in [0.15, 0.2) is 0 Å². The van der Waals surface area contributed by atoms with Gasteiger partial charge < -0.3 is 5.32 Å². The van der Waals surface area contributed by atoms with E-state index in [9.17, 15) is 0 Å². The van der Waals surface area contributed by atoms with Gasteiger partial charge in [0.25, 0.3) is 0 Å². The van der Waals surface area contributed by atoms with Gasteiger partial charge in [-0.25, -0.2) is 0 Å². The van der Waals surface area contributed by atoms with Crippen molar-refractivity contribution in [3.63, 3.8) is 0 Å². The van der Waals surface area contributed by atoms with Crippen molar-refractivity contribution in [2.75, 3.05) is 5.32 Å². The van der Waals surface area contributed by atoms with Crippen LogP contribution in [0.5, 0.6) is 0 Å². The molecule has 1 N–H and O–H groups in total. The van der Waals surface area contributed by atoms with E-state index in [1.165, 1.54) is 31.1 Å². The highest BCUT2D eigenvalue weighted by Crippen LogP contribution is 2.33. The Labute approximate surface area is 120 Å². The van der Waals surface area contributed by atoms with Crippen LogP contribution in [0.4, 0.5) is 5.69 Å². The van der Waals surface area contributed by atoms with Crippen LogP contribution in [0.25, 0.3) is 10.9 Å². The lowest BCUT2D eigenvalue weighted by molar-refractivity contribution is 0.254. The van der Waals surface area contributed by atoms with Crippen LogP contribution in [0.3, 0.4) is 0 Å². The Bertz CT molecular complexity index is 574. The van der Waals surface area contributed by atoms with Gasteiger partial charge in [-0.05, 0) is 30.7 Å². The van der Waals surface area contributed by atoms with Gasteiger partial charge in [-0.2, -0.15) is 10.2 Å². The highest BCUT2D eigenvalue weighted by Gasteiger charge is 2.27. The summed E-state index contributed by atoms with van der Waals surface area (Å²) in [6.45, 7) is 4.68. The lowest BCUT2D eigenvalue weighted by atomic mass is 9.78. The molecule has 1 aliphatic rings. The Morgan fingerprint density at radius 3 is 2.80 bits per heavy atom. The average molecular weight is 269 g/mol. The number of hydrogen-bond donors (Lipinski definition) is 1. The molecule has 1 aromatic heterocycles. The molecule has 0 amide bonds. The van der Waals surface area contributed by atoms with Crippen molar-refractivity contribution in [3.8, 4) is 0 Å². The van der Waals surface area contributed by atoms with Gasteiger partial charge >= 0.3 is 0 Å². The molecule has 0 bridgehead atoms. The van der Waals surface area contributed by atoms with Crippen LogP contribution in [-0.2, 0) is 0 Å². The summed E-state index contributed by atoms with van der Waals surface area (Å²) in [5.41, 5.74) is 2.10. The molecule has 2 atom stereocenters. The Hall–Kier alpha value is -1.64. The van der Waals surface area contributed by atoms with E-state index in [1.807, 2.05) is 18.3 Å². The van der Waals surface area contributed by atoms with Gasteiger partial charge in [-0.3, -0.25) is 0 Å². The Morgan fingerprint density at radius 2 is 1.95 bits per heavy atom. The number of nitrogens with one attached hydrogen (secondary N) is 1. The maximum atomic E-state index is 4.20. The largest absolute Gasteiger partial charge is 0.380 e. The average Bonchev–Trinajstić information content (AvgIpc) is 2.48. The minimum Gasteiger partial charge on any atom is -0.380 e. The molecule has 1 aliphatic carbocycles. The zero-order chi connectivity index (χ0) is 13.9. The fourth-order valence-electron chi connectivity index (χ4n) is 3.46. The van der Waals surface area contributed by atoms with Crippen molar-refractivity contribution in [2.24, 2.45) is 11.8 Å². The van der Waals surface area contributed by atoms with Crippen LogP contribution in [0, 0.1) is 11.8 Å². The first kappa shape index (κ1) is 13.3. The smallest absolute Gasteiger partial charge is 0.0950 e. The summed E-state index contributed by atoms with van der Waals surface area (Å²) in [5.74, 6) is 1.49. The van der Waals surface area contributed by atoms with Crippen molar-refractivity contribution in [1.29, 1.82) is 0 Å². The molecular formula is C17H23N3. The molecule has 3 nitrogen and oxygen atoms in total. The van der Waals surface area contributed by atoms with E-state index in [-0.39, 0.29) is 0 Å². The van der Waals surface area contributed by atoms with Crippen molar-refractivity contribution in [1.82, 2.24) is 10.2 Å². The zero-order valence-corrected chi connectivity index (χ0v) is 12.3. The summed E-state index contributed by atoms with van der Waals surface area (Å²) in [7, 11) is 0. The van der Waals surface area contributed by atoms with Crippen LogP contribution in [-0.4, -0.2) is 16.2 Å². The van der Waals surface area contributed by atoms with E-state index >= 15 is 0 Å². The molecule has 1 aromatic carbocycles. The van der Waals surface area contributed by atoms with Gasteiger partial charge in [0, 0.05) is 11.4 Å². The Balaban J connectivity index is 1.88. The first-order chi connectivity index (χ1) is 9.75. The van der Waals surface area contributed by atoms with Crippen LogP contribution < -0.4 is 5.32 Å². The molecule has 2 unspecified atom stereocenters. The minimum absolute atomic E-state index is 0.566. The normalized spacial score (nSPS) is 23.1. The van der Waals surface area contributed by atoms with Crippen molar-refractivity contribution < 1.29 is 0 Å². The summed E-state index contributed by atoms with van der Waals surface area (Å²) >= 11 is 0. The molecule has 3 heteroatoms. The van der Waals surface area contributed by atoms with Crippen LogP contribution in [0.1, 0.15) is 39.5 Å². The molecule has 1 fully saturated rings. The Morgan fingerprint density at radius 1 is 1.15 bits per heavy atom. The number of anilines is 1. The van der Waals surface area contributed by atoms with E-state index in [2.05, 4.69) is 41.5 Å². The molecule has 0 saturated heterocycles. The number of aromatic nitrogens is 2. The first-order valence-corrected chi connectivity index (χ1v) is 7.72. The first-order valence-electron chi connectivity index (χ1n) is 7.72. The van der Waals surface area contributed by atoms with Crippen LogP contribution in [0.15, 0.2) is 30.5 Å². The molecule has 0 spiro atoms. The molecule has 1 heterocycles. The lowest BCUT2D eigenvalue weighted by Gasteiger charge is -2.35. The van der Waals surface area contributed by atoms with Gasteiger partial charge in [0.05, 0.1) is 17.4 Å². The second-order valence-electron chi connectivity index (χ2n) is 6.22. The minimum atomic E-state index is 0.566. The summed E-state index contributed by atoms with van der Waals surface area (Å²) in [4.78, 5) is 0. The van der Waals surface area contributed by atoms with E-state index < -0.39 is 0 Å². The maximum Gasteiger partial charge on any atom is 0.0950 e. The second-order valence-corrected chi connectivity index (χ2v) is 6.22. The summed E-state index contributed by atoms with van der Waals surface area (Å²) in [6, 6.07) is 8.79. The van der Waals surface area contributed by atoms with E-state index in [0.29, 0.717) is 6.04 Å². The molecule has 1 saturated carbocycles. The topological polar surface area (TPSA) is 37.8 Å². The fraction of sp³-hybridized carbons (Fsp3) is 0.529. The summed E-state index contributed by atoms with van der Waals surface area (Å²) < 4.78 is 0. The predicted molar refractivity (Wildman–Crippen MR) is 83.7 cm³/mol. The van der Waals surface area contributed by atoms with Gasteiger partial charge in [0.1, 0.15) is 0 Å². The van der Waals surface area contributed by atoms with Crippen molar-refractivity contribution in [2.45, 2.75) is 45.6 Å². The number of benzene rings is 1. The van der Waals surface area contributed by atoms with Gasteiger partial charge in [-0.15, -0.1) is 0 Å². The molecular weight excluding hydrogens is 246 g/mol. The fourth-order valence-corrected chi connectivity index (χ4v) is 3.46.